The minimum absolute atomic E-state index is 0.0322. The van der Waals surface area contributed by atoms with Crippen LogP contribution in [0.1, 0.15) is 40.4 Å². The third-order valence-corrected chi connectivity index (χ3v) is 3.99. The number of nitrogens with zero attached hydrogens (tertiary/aromatic N) is 3. The number of rotatable bonds is 2. The maximum absolute atomic E-state index is 12.5. The van der Waals surface area contributed by atoms with Crippen LogP contribution in [0.25, 0.3) is 0 Å². The number of nitriles is 1. The van der Waals surface area contributed by atoms with E-state index in [0.717, 1.165) is 18.5 Å². The summed E-state index contributed by atoms with van der Waals surface area (Å²) in [6, 6.07) is 10.6. The smallest absolute Gasteiger partial charge is 0.253 e. The first-order chi connectivity index (χ1) is 10.7. The van der Waals surface area contributed by atoms with E-state index >= 15 is 0 Å². The maximum atomic E-state index is 12.5. The monoisotopic (exact) mass is 296 g/mol. The minimum Gasteiger partial charge on any atom is -0.368 e. The molecular weight excluding hydrogens is 280 g/mol. The lowest BCUT2D eigenvalue weighted by atomic mass is 9.93. The summed E-state index contributed by atoms with van der Waals surface area (Å²) in [5.41, 5.74) is 7.46. The Kier molecular flexibility index (Phi) is 3.79. The molecule has 0 radical (unpaired) electrons. The largest absolute Gasteiger partial charge is 0.368 e. The van der Waals surface area contributed by atoms with Crippen LogP contribution in [0.15, 0.2) is 34.9 Å². The van der Waals surface area contributed by atoms with Gasteiger partial charge in [0.15, 0.2) is 0 Å². The average molecular weight is 296 g/mol. The highest BCUT2D eigenvalue weighted by Crippen LogP contribution is 2.28. The van der Waals surface area contributed by atoms with Gasteiger partial charge in [-0.15, -0.1) is 0 Å². The van der Waals surface area contributed by atoms with Gasteiger partial charge in [-0.25, -0.2) is 0 Å². The Morgan fingerprint density at radius 3 is 2.77 bits per heavy atom. The van der Waals surface area contributed by atoms with Gasteiger partial charge >= 0.3 is 0 Å². The molecule has 2 N–H and O–H groups in total. The van der Waals surface area contributed by atoms with Crippen LogP contribution >= 0.6 is 0 Å². The molecule has 0 aliphatic carbocycles. The van der Waals surface area contributed by atoms with E-state index in [9.17, 15) is 4.79 Å². The van der Waals surface area contributed by atoms with E-state index in [0.29, 0.717) is 30.1 Å². The molecule has 0 saturated carbocycles. The summed E-state index contributed by atoms with van der Waals surface area (Å²) in [6.45, 7) is 1.32. The Hall–Kier alpha value is -2.81. The molecule has 0 atom stereocenters. The molecule has 112 valence electrons. The number of aromatic nitrogens is 1. The van der Waals surface area contributed by atoms with E-state index in [1.54, 1.807) is 30.3 Å². The fourth-order valence-electron chi connectivity index (χ4n) is 2.78. The van der Waals surface area contributed by atoms with Crippen molar-refractivity contribution >= 4 is 11.8 Å². The number of benzene rings is 1. The zero-order valence-corrected chi connectivity index (χ0v) is 12.0. The first-order valence-electron chi connectivity index (χ1n) is 7.19. The summed E-state index contributed by atoms with van der Waals surface area (Å²) in [7, 11) is 0. The molecule has 0 unspecified atom stereocenters. The van der Waals surface area contributed by atoms with Crippen LogP contribution in [0.2, 0.25) is 0 Å². The summed E-state index contributed by atoms with van der Waals surface area (Å²) in [5, 5.41) is 12.9. The van der Waals surface area contributed by atoms with Crippen molar-refractivity contribution in [2.75, 3.05) is 18.8 Å². The first-order valence-corrected chi connectivity index (χ1v) is 7.19. The van der Waals surface area contributed by atoms with Gasteiger partial charge in [-0.1, -0.05) is 11.2 Å². The van der Waals surface area contributed by atoms with Gasteiger partial charge in [-0.05, 0) is 31.0 Å². The van der Waals surface area contributed by atoms with Crippen molar-refractivity contribution in [3.05, 3.63) is 47.2 Å². The summed E-state index contributed by atoms with van der Waals surface area (Å²) in [5.74, 6) is 0.563. The Balaban J connectivity index is 1.65. The predicted octanol–water partition coefficient (Wildman–Crippen LogP) is 2.15. The summed E-state index contributed by atoms with van der Waals surface area (Å²) in [4.78, 5) is 14.3. The number of hydrogen-bond acceptors (Lipinski definition) is 5. The average Bonchev–Trinajstić information content (AvgIpc) is 3.01. The SMILES string of the molecule is N#Cc1cccc(C(=O)N2CCC(c3cc(N)on3)CC2)c1. The Labute approximate surface area is 128 Å². The van der Waals surface area contributed by atoms with Gasteiger partial charge in [0, 0.05) is 30.6 Å². The third kappa shape index (κ3) is 2.79. The number of nitrogen functional groups attached to an aromatic ring is 1. The maximum Gasteiger partial charge on any atom is 0.253 e. The normalized spacial score (nSPS) is 15.5. The van der Waals surface area contributed by atoms with Crippen LogP contribution in [-0.4, -0.2) is 29.1 Å². The number of likely N-dealkylation sites (tertiary alicyclic amines) is 1. The quantitative estimate of drug-likeness (QED) is 0.916. The molecule has 1 aliphatic rings. The highest BCUT2D eigenvalue weighted by atomic mass is 16.5. The molecule has 6 nitrogen and oxygen atoms in total. The van der Waals surface area contributed by atoms with Gasteiger partial charge in [-0.2, -0.15) is 5.26 Å². The van der Waals surface area contributed by atoms with Crippen molar-refractivity contribution in [1.82, 2.24) is 10.1 Å². The lowest BCUT2D eigenvalue weighted by Gasteiger charge is -2.31. The summed E-state index contributed by atoms with van der Waals surface area (Å²) < 4.78 is 4.90. The summed E-state index contributed by atoms with van der Waals surface area (Å²) in [6.07, 6.45) is 1.66. The van der Waals surface area contributed by atoms with E-state index in [4.69, 9.17) is 15.5 Å². The van der Waals surface area contributed by atoms with Gasteiger partial charge in [0.05, 0.1) is 17.3 Å². The van der Waals surface area contributed by atoms with Crippen molar-refractivity contribution in [2.45, 2.75) is 18.8 Å². The number of carbonyl (C=O) groups is 1. The standard InChI is InChI=1S/C16H16N4O2/c17-10-11-2-1-3-13(8-11)16(21)20-6-4-12(5-7-20)14-9-15(18)22-19-14/h1-3,8-9,12H,4-7,18H2. The van der Waals surface area contributed by atoms with Crippen molar-refractivity contribution in [1.29, 1.82) is 5.26 Å². The molecule has 1 saturated heterocycles. The van der Waals surface area contributed by atoms with Crippen molar-refractivity contribution in [2.24, 2.45) is 0 Å². The molecule has 1 aliphatic heterocycles. The number of nitrogens with two attached hydrogens (primary N) is 1. The third-order valence-electron chi connectivity index (χ3n) is 3.99. The zero-order chi connectivity index (χ0) is 15.5. The zero-order valence-electron chi connectivity index (χ0n) is 12.0. The van der Waals surface area contributed by atoms with Crippen LogP contribution in [0.4, 0.5) is 5.88 Å². The van der Waals surface area contributed by atoms with Crippen LogP contribution in [-0.2, 0) is 0 Å². The van der Waals surface area contributed by atoms with Crippen LogP contribution < -0.4 is 5.73 Å². The van der Waals surface area contributed by atoms with E-state index in [-0.39, 0.29) is 11.8 Å². The molecule has 6 heteroatoms. The van der Waals surface area contributed by atoms with E-state index < -0.39 is 0 Å². The van der Waals surface area contributed by atoms with Crippen molar-refractivity contribution in [3.8, 4) is 6.07 Å². The Morgan fingerprint density at radius 2 is 2.14 bits per heavy atom. The molecule has 1 amide bonds. The molecule has 2 aromatic rings. The molecule has 1 aromatic carbocycles. The van der Waals surface area contributed by atoms with E-state index in [1.807, 2.05) is 4.90 Å². The molecule has 0 spiro atoms. The molecule has 1 fully saturated rings. The highest BCUT2D eigenvalue weighted by molar-refractivity contribution is 5.94. The fourth-order valence-corrected chi connectivity index (χ4v) is 2.78. The molecule has 1 aromatic heterocycles. The lowest BCUT2D eigenvalue weighted by Crippen LogP contribution is -2.38. The topological polar surface area (TPSA) is 96.2 Å². The fraction of sp³-hybridized carbons (Fsp3) is 0.312. The van der Waals surface area contributed by atoms with Gasteiger partial charge < -0.3 is 15.2 Å². The van der Waals surface area contributed by atoms with Crippen LogP contribution in [0, 0.1) is 11.3 Å². The van der Waals surface area contributed by atoms with E-state index in [1.165, 1.54) is 0 Å². The minimum atomic E-state index is -0.0322. The molecular formula is C16H16N4O2. The second-order valence-electron chi connectivity index (χ2n) is 5.41. The van der Waals surface area contributed by atoms with Crippen LogP contribution in [0.5, 0.6) is 0 Å². The van der Waals surface area contributed by atoms with Crippen molar-refractivity contribution in [3.63, 3.8) is 0 Å². The van der Waals surface area contributed by atoms with Gasteiger partial charge in [0.2, 0.25) is 5.88 Å². The highest BCUT2D eigenvalue weighted by Gasteiger charge is 2.26. The second kappa shape index (κ2) is 5.90. The first kappa shape index (κ1) is 14.1. The van der Waals surface area contributed by atoms with Crippen molar-refractivity contribution < 1.29 is 9.32 Å². The Morgan fingerprint density at radius 1 is 1.36 bits per heavy atom. The summed E-state index contributed by atoms with van der Waals surface area (Å²) >= 11 is 0. The second-order valence-corrected chi connectivity index (χ2v) is 5.41. The molecule has 2 heterocycles. The number of anilines is 1. The van der Waals surface area contributed by atoms with Gasteiger partial charge in [0.25, 0.3) is 5.91 Å². The predicted molar refractivity (Wildman–Crippen MR) is 80.0 cm³/mol. The number of amides is 1. The number of carbonyl (C=O) groups excluding carboxylic acids is 1. The van der Waals surface area contributed by atoms with Gasteiger partial charge in [-0.3, -0.25) is 4.79 Å². The van der Waals surface area contributed by atoms with E-state index in [2.05, 4.69) is 11.2 Å². The number of hydrogen-bond donors (Lipinski definition) is 1. The van der Waals surface area contributed by atoms with Crippen LogP contribution in [0.3, 0.4) is 0 Å². The Bertz CT molecular complexity index is 724. The van der Waals surface area contributed by atoms with Gasteiger partial charge in [0.1, 0.15) is 0 Å². The lowest BCUT2D eigenvalue weighted by molar-refractivity contribution is 0.0711. The number of piperidine rings is 1. The molecule has 22 heavy (non-hydrogen) atoms. The molecule has 3 rings (SSSR count). The molecule has 0 bridgehead atoms.